The highest BCUT2D eigenvalue weighted by atomic mass is 35.5. The van der Waals surface area contributed by atoms with E-state index in [9.17, 15) is 14.7 Å². The Hall–Kier alpha value is -1.79. The molecule has 0 spiro atoms. The van der Waals surface area contributed by atoms with Crippen LogP contribution in [0.3, 0.4) is 0 Å². The zero-order chi connectivity index (χ0) is 16.2. The van der Waals surface area contributed by atoms with Gasteiger partial charge in [0.25, 0.3) is 5.91 Å². The van der Waals surface area contributed by atoms with Crippen LogP contribution in [0.1, 0.15) is 23.2 Å². The van der Waals surface area contributed by atoms with Crippen molar-refractivity contribution in [3.63, 3.8) is 0 Å². The Kier molecular flexibility index (Phi) is 6.45. The average Bonchev–Trinajstić information content (AvgIpc) is 2.61. The molecule has 0 saturated carbocycles. The minimum Gasteiger partial charge on any atom is -0.508 e. The molecule has 2 aliphatic heterocycles. The Labute approximate surface area is 148 Å². The number of phenolic OH excluding ortho intramolecular Hbond substituents is 1. The number of piperidine rings is 1. The molecule has 0 aromatic heterocycles. The number of piperazine rings is 1. The van der Waals surface area contributed by atoms with Gasteiger partial charge in [0, 0.05) is 37.7 Å². The summed E-state index contributed by atoms with van der Waals surface area (Å²) in [7, 11) is 0. The van der Waals surface area contributed by atoms with Crippen molar-refractivity contribution in [2.24, 2.45) is 5.92 Å². The summed E-state index contributed by atoms with van der Waals surface area (Å²) >= 11 is 0. The van der Waals surface area contributed by atoms with Crippen molar-refractivity contribution in [2.75, 3.05) is 39.3 Å². The Morgan fingerprint density at radius 2 is 1.67 bits per heavy atom. The summed E-state index contributed by atoms with van der Waals surface area (Å²) in [6, 6.07) is 6.40. The van der Waals surface area contributed by atoms with Crippen LogP contribution in [0.4, 0.5) is 0 Å². The summed E-state index contributed by atoms with van der Waals surface area (Å²) in [4.78, 5) is 28.6. The molecule has 0 unspecified atom stereocenters. The van der Waals surface area contributed by atoms with E-state index in [-0.39, 0.29) is 35.9 Å². The fraction of sp³-hybridized carbons (Fsp3) is 0.529. The van der Waals surface area contributed by atoms with Crippen LogP contribution in [0.2, 0.25) is 0 Å². The maximum absolute atomic E-state index is 12.5. The van der Waals surface area contributed by atoms with E-state index in [1.165, 1.54) is 6.07 Å². The van der Waals surface area contributed by atoms with Crippen LogP contribution >= 0.6 is 12.4 Å². The molecule has 7 heteroatoms. The van der Waals surface area contributed by atoms with E-state index in [1.54, 1.807) is 23.1 Å². The topological polar surface area (TPSA) is 72.9 Å². The smallest absolute Gasteiger partial charge is 0.254 e. The van der Waals surface area contributed by atoms with Crippen molar-refractivity contribution in [1.82, 2.24) is 15.1 Å². The maximum Gasteiger partial charge on any atom is 0.254 e. The molecule has 2 aliphatic rings. The van der Waals surface area contributed by atoms with Gasteiger partial charge in [-0.25, -0.2) is 0 Å². The average molecular weight is 354 g/mol. The molecule has 2 fully saturated rings. The molecule has 2 heterocycles. The normalized spacial score (nSPS) is 18.8. The Balaban J connectivity index is 0.00000208. The van der Waals surface area contributed by atoms with E-state index in [1.807, 2.05) is 4.90 Å². The van der Waals surface area contributed by atoms with Crippen molar-refractivity contribution in [1.29, 1.82) is 0 Å². The second-order valence-electron chi connectivity index (χ2n) is 6.19. The Morgan fingerprint density at radius 1 is 1.04 bits per heavy atom. The van der Waals surface area contributed by atoms with Crippen molar-refractivity contribution in [3.8, 4) is 5.75 Å². The molecule has 0 atom stereocenters. The van der Waals surface area contributed by atoms with Crippen LogP contribution in [0, 0.1) is 5.92 Å². The number of benzene rings is 1. The monoisotopic (exact) mass is 353 g/mol. The number of carbonyl (C=O) groups is 2. The number of hydrogen-bond acceptors (Lipinski definition) is 4. The van der Waals surface area contributed by atoms with E-state index in [2.05, 4.69) is 5.32 Å². The highest BCUT2D eigenvalue weighted by Gasteiger charge is 2.29. The molecule has 0 aliphatic carbocycles. The summed E-state index contributed by atoms with van der Waals surface area (Å²) in [6.45, 7) is 4.09. The van der Waals surface area contributed by atoms with E-state index in [4.69, 9.17) is 0 Å². The lowest BCUT2D eigenvalue weighted by molar-refractivity contribution is -0.137. The number of carbonyl (C=O) groups excluding carboxylic acids is 2. The van der Waals surface area contributed by atoms with Gasteiger partial charge in [-0.15, -0.1) is 12.4 Å². The molecule has 2 saturated heterocycles. The van der Waals surface area contributed by atoms with Crippen LogP contribution < -0.4 is 5.32 Å². The molecule has 132 valence electrons. The van der Waals surface area contributed by atoms with Gasteiger partial charge in [0.15, 0.2) is 0 Å². The van der Waals surface area contributed by atoms with Crippen LogP contribution in [-0.2, 0) is 4.79 Å². The number of phenols is 1. The summed E-state index contributed by atoms with van der Waals surface area (Å²) in [6.07, 6.45) is 1.81. The highest BCUT2D eigenvalue weighted by molar-refractivity contribution is 5.94. The number of halogens is 1. The first-order chi connectivity index (χ1) is 11.1. The first kappa shape index (κ1) is 18.5. The third kappa shape index (κ3) is 4.19. The second kappa shape index (κ2) is 8.35. The molecule has 0 bridgehead atoms. The van der Waals surface area contributed by atoms with Crippen molar-refractivity contribution >= 4 is 24.2 Å². The zero-order valence-electron chi connectivity index (χ0n) is 13.6. The quantitative estimate of drug-likeness (QED) is 0.835. The van der Waals surface area contributed by atoms with Crippen molar-refractivity contribution < 1.29 is 14.7 Å². The predicted octanol–water partition coefficient (Wildman–Crippen LogP) is 1.10. The number of amides is 2. The second-order valence-corrected chi connectivity index (χ2v) is 6.19. The van der Waals surface area contributed by atoms with Gasteiger partial charge in [-0.2, -0.15) is 0 Å². The van der Waals surface area contributed by atoms with Crippen LogP contribution in [0.25, 0.3) is 0 Å². The van der Waals surface area contributed by atoms with E-state index < -0.39 is 0 Å². The molecule has 0 radical (unpaired) electrons. The summed E-state index contributed by atoms with van der Waals surface area (Å²) in [5, 5.41) is 12.8. The number of hydrogen-bond donors (Lipinski definition) is 2. The number of aromatic hydroxyl groups is 1. The summed E-state index contributed by atoms with van der Waals surface area (Å²) in [5.41, 5.74) is 0.489. The van der Waals surface area contributed by atoms with Gasteiger partial charge in [-0.05, 0) is 44.1 Å². The van der Waals surface area contributed by atoms with Crippen LogP contribution in [0.5, 0.6) is 5.75 Å². The van der Waals surface area contributed by atoms with Crippen LogP contribution in [-0.4, -0.2) is 66.0 Å². The maximum atomic E-state index is 12.5. The first-order valence-corrected chi connectivity index (χ1v) is 8.23. The number of nitrogens with one attached hydrogen (secondary N) is 1. The van der Waals surface area contributed by atoms with E-state index in [0.717, 1.165) is 25.9 Å². The number of nitrogens with zero attached hydrogens (tertiary/aromatic N) is 2. The van der Waals surface area contributed by atoms with E-state index in [0.29, 0.717) is 31.7 Å². The lowest BCUT2D eigenvalue weighted by atomic mass is 9.96. The third-order valence-corrected chi connectivity index (χ3v) is 4.66. The predicted molar refractivity (Wildman–Crippen MR) is 93.4 cm³/mol. The standard InChI is InChI=1S/C17H23N3O3.ClH/c21-15-3-1-2-14(12-15)17(23)20-10-8-19(9-11-20)16(22)13-4-6-18-7-5-13;/h1-3,12-13,18,21H,4-11H2;1H. The van der Waals surface area contributed by atoms with Gasteiger partial charge in [-0.3, -0.25) is 9.59 Å². The molecular formula is C17H24ClN3O3. The fourth-order valence-corrected chi connectivity index (χ4v) is 3.28. The van der Waals surface area contributed by atoms with Gasteiger partial charge in [0.05, 0.1) is 0 Å². The fourth-order valence-electron chi connectivity index (χ4n) is 3.28. The lowest BCUT2D eigenvalue weighted by Crippen LogP contribution is -2.52. The van der Waals surface area contributed by atoms with Gasteiger partial charge < -0.3 is 20.2 Å². The SMILES string of the molecule is Cl.O=C(c1cccc(O)c1)N1CCN(C(=O)C2CCNCC2)CC1. The minimum absolute atomic E-state index is 0. The largest absolute Gasteiger partial charge is 0.508 e. The van der Waals surface area contributed by atoms with Gasteiger partial charge in [0.1, 0.15) is 5.75 Å². The third-order valence-electron chi connectivity index (χ3n) is 4.66. The Bertz CT molecular complexity index is 582. The van der Waals surface area contributed by atoms with Crippen molar-refractivity contribution in [3.05, 3.63) is 29.8 Å². The summed E-state index contributed by atoms with van der Waals surface area (Å²) < 4.78 is 0. The van der Waals surface area contributed by atoms with Crippen molar-refractivity contribution in [2.45, 2.75) is 12.8 Å². The number of rotatable bonds is 2. The highest BCUT2D eigenvalue weighted by Crippen LogP contribution is 2.18. The van der Waals surface area contributed by atoms with Crippen LogP contribution in [0.15, 0.2) is 24.3 Å². The first-order valence-electron chi connectivity index (χ1n) is 8.23. The van der Waals surface area contributed by atoms with E-state index >= 15 is 0 Å². The summed E-state index contributed by atoms with van der Waals surface area (Å²) in [5.74, 6) is 0.367. The molecule has 3 rings (SSSR count). The molecule has 2 N–H and O–H groups in total. The molecular weight excluding hydrogens is 330 g/mol. The zero-order valence-corrected chi connectivity index (χ0v) is 14.4. The molecule has 24 heavy (non-hydrogen) atoms. The van der Waals surface area contributed by atoms with Gasteiger partial charge in [0.2, 0.25) is 5.91 Å². The Morgan fingerprint density at radius 3 is 2.29 bits per heavy atom. The van der Waals surface area contributed by atoms with Gasteiger partial charge in [-0.1, -0.05) is 6.07 Å². The molecule has 1 aromatic carbocycles. The molecule has 2 amide bonds. The molecule has 6 nitrogen and oxygen atoms in total. The minimum atomic E-state index is -0.0881. The lowest BCUT2D eigenvalue weighted by Gasteiger charge is -2.37. The van der Waals surface area contributed by atoms with Gasteiger partial charge >= 0.3 is 0 Å². The molecule has 1 aromatic rings.